The largest absolute Gasteiger partial charge is 0.486 e. The normalized spacial score (nSPS) is 19.7. The van der Waals surface area contributed by atoms with Crippen LogP contribution in [0.3, 0.4) is 0 Å². The zero-order chi connectivity index (χ0) is 17.2. The number of piperidine rings is 1. The minimum Gasteiger partial charge on any atom is -0.486 e. The van der Waals surface area contributed by atoms with Gasteiger partial charge in [0.15, 0.2) is 11.5 Å². The van der Waals surface area contributed by atoms with E-state index in [0.717, 1.165) is 43.8 Å². The third-order valence-corrected chi connectivity index (χ3v) is 4.95. The predicted octanol–water partition coefficient (Wildman–Crippen LogP) is 2.52. The molecule has 1 amide bonds. The van der Waals surface area contributed by atoms with E-state index in [2.05, 4.69) is 9.55 Å². The molecule has 2 aliphatic heterocycles. The molecule has 0 bridgehead atoms. The Morgan fingerprint density at radius 1 is 1.28 bits per heavy atom. The fourth-order valence-electron chi connectivity index (χ4n) is 3.68. The lowest BCUT2D eigenvalue weighted by Gasteiger charge is -2.33. The van der Waals surface area contributed by atoms with Crippen molar-refractivity contribution in [1.29, 1.82) is 0 Å². The van der Waals surface area contributed by atoms with Crippen LogP contribution in [0.5, 0.6) is 11.5 Å². The zero-order valence-electron chi connectivity index (χ0n) is 14.5. The molecule has 25 heavy (non-hydrogen) atoms. The van der Waals surface area contributed by atoms with Crippen LogP contribution in [-0.4, -0.2) is 46.7 Å². The number of rotatable bonds is 3. The van der Waals surface area contributed by atoms with Crippen LogP contribution in [-0.2, 0) is 6.54 Å². The third-order valence-electron chi connectivity index (χ3n) is 4.95. The van der Waals surface area contributed by atoms with E-state index in [1.54, 1.807) is 6.20 Å². The number of carbonyl (C=O) groups is 1. The number of ether oxygens (including phenoxy) is 2. The summed E-state index contributed by atoms with van der Waals surface area (Å²) in [5, 5.41) is 0. The molecule has 0 aliphatic carbocycles. The Bertz CT molecular complexity index is 758. The molecule has 0 radical (unpaired) electrons. The number of aryl methyl sites for hydroxylation is 1. The number of imidazole rings is 1. The van der Waals surface area contributed by atoms with Gasteiger partial charge in [-0.05, 0) is 43.4 Å². The van der Waals surface area contributed by atoms with Crippen molar-refractivity contribution in [2.24, 2.45) is 5.92 Å². The minimum absolute atomic E-state index is 0.0878. The minimum atomic E-state index is 0.0878. The molecule has 6 nitrogen and oxygen atoms in total. The fraction of sp³-hybridized carbons (Fsp3) is 0.474. The number of amides is 1. The van der Waals surface area contributed by atoms with Crippen LogP contribution in [0.2, 0.25) is 0 Å². The second-order valence-corrected chi connectivity index (χ2v) is 6.83. The van der Waals surface area contributed by atoms with E-state index in [9.17, 15) is 4.79 Å². The van der Waals surface area contributed by atoms with Gasteiger partial charge in [-0.3, -0.25) is 4.79 Å². The Balaban J connectivity index is 1.50. The van der Waals surface area contributed by atoms with Gasteiger partial charge in [-0.2, -0.15) is 0 Å². The van der Waals surface area contributed by atoms with Crippen LogP contribution < -0.4 is 9.47 Å². The highest BCUT2D eigenvalue weighted by molar-refractivity contribution is 5.96. The first-order chi connectivity index (χ1) is 12.2. The van der Waals surface area contributed by atoms with E-state index in [-0.39, 0.29) is 5.91 Å². The number of aromatic nitrogens is 2. The summed E-state index contributed by atoms with van der Waals surface area (Å²) in [6.07, 6.45) is 7.79. The van der Waals surface area contributed by atoms with Crippen molar-refractivity contribution in [3.63, 3.8) is 0 Å². The molecule has 1 unspecified atom stereocenters. The number of nitrogens with zero attached hydrogens (tertiary/aromatic N) is 3. The highest BCUT2D eigenvalue weighted by Crippen LogP contribution is 2.34. The SMILES string of the molecule is Cc1cc2c(cc1C(=O)N1CCCC(Cn3ccnc3)C1)OCCO2. The van der Waals surface area contributed by atoms with Gasteiger partial charge in [0.2, 0.25) is 0 Å². The molecule has 4 rings (SSSR count). The van der Waals surface area contributed by atoms with E-state index < -0.39 is 0 Å². The molecule has 3 heterocycles. The van der Waals surface area contributed by atoms with Crippen LogP contribution in [0.15, 0.2) is 30.9 Å². The third kappa shape index (κ3) is 3.34. The van der Waals surface area contributed by atoms with Crippen molar-refractivity contribution in [3.8, 4) is 11.5 Å². The Morgan fingerprint density at radius 3 is 2.84 bits per heavy atom. The summed E-state index contributed by atoms with van der Waals surface area (Å²) < 4.78 is 13.3. The second kappa shape index (κ2) is 6.78. The topological polar surface area (TPSA) is 56.6 Å². The van der Waals surface area contributed by atoms with Gasteiger partial charge in [-0.25, -0.2) is 4.98 Å². The number of likely N-dealkylation sites (tertiary alicyclic amines) is 1. The van der Waals surface area contributed by atoms with E-state index in [1.807, 2.05) is 36.5 Å². The Kier molecular flexibility index (Phi) is 4.34. The van der Waals surface area contributed by atoms with Crippen molar-refractivity contribution in [1.82, 2.24) is 14.5 Å². The maximum absolute atomic E-state index is 13.1. The highest BCUT2D eigenvalue weighted by atomic mass is 16.6. The van der Waals surface area contributed by atoms with Crippen molar-refractivity contribution in [2.75, 3.05) is 26.3 Å². The Hall–Kier alpha value is -2.50. The molecule has 1 aromatic heterocycles. The lowest BCUT2D eigenvalue weighted by Crippen LogP contribution is -2.41. The quantitative estimate of drug-likeness (QED) is 0.861. The van der Waals surface area contributed by atoms with Gasteiger partial charge < -0.3 is 18.9 Å². The zero-order valence-corrected chi connectivity index (χ0v) is 14.5. The van der Waals surface area contributed by atoms with Crippen molar-refractivity contribution in [3.05, 3.63) is 42.0 Å². The molecule has 2 aromatic rings. The molecule has 0 saturated carbocycles. The van der Waals surface area contributed by atoms with Crippen LogP contribution in [0.25, 0.3) is 0 Å². The standard InChI is InChI=1S/C19H23N3O3/c1-14-9-17-18(25-8-7-24-17)10-16(14)19(23)22-5-2-3-15(12-22)11-21-6-4-20-13-21/h4,6,9-10,13,15H,2-3,5,7-8,11-12H2,1H3. The number of hydrogen-bond acceptors (Lipinski definition) is 4. The highest BCUT2D eigenvalue weighted by Gasteiger charge is 2.27. The molecular weight excluding hydrogens is 318 g/mol. The number of carbonyl (C=O) groups excluding carboxylic acids is 1. The van der Waals surface area contributed by atoms with E-state index in [0.29, 0.717) is 30.4 Å². The number of hydrogen-bond donors (Lipinski definition) is 0. The van der Waals surface area contributed by atoms with Crippen molar-refractivity contribution >= 4 is 5.91 Å². The van der Waals surface area contributed by atoms with Crippen LogP contribution in [0.1, 0.15) is 28.8 Å². The van der Waals surface area contributed by atoms with Gasteiger partial charge >= 0.3 is 0 Å². The second-order valence-electron chi connectivity index (χ2n) is 6.83. The first-order valence-corrected chi connectivity index (χ1v) is 8.86. The van der Waals surface area contributed by atoms with Crippen LogP contribution in [0, 0.1) is 12.8 Å². The van der Waals surface area contributed by atoms with Gasteiger partial charge in [0.25, 0.3) is 5.91 Å². The maximum Gasteiger partial charge on any atom is 0.254 e. The molecule has 1 atom stereocenters. The molecule has 1 fully saturated rings. The first-order valence-electron chi connectivity index (χ1n) is 8.86. The molecule has 6 heteroatoms. The van der Waals surface area contributed by atoms with Crippen molar-refractivity contribution < 1.29 is 14.3 Å². The maximum atomic E-state index is 13.1. The summed E-state index contributed by atoms with van der Waals surface area (Å²) in [6.45, 7) is 5.54. The fourth-order valence-corrected chi connectivity index (χ4v) is 3.68. The summed E-state index contributed by atoms with van der Waals surface area (Å²) in [6, 6.07) is 3.75. The molecule has 2 aliphatic rings. The van der Waals surface area contributed by atoms with Crippen LogP contribution >= 0.6 is 0 Å². The Labute approximate surface area is 147 Å². The summed E-state index contributed by atoms with van der Waals surface area (Å²) in [5.74, 6) is 1.96. The molecule has 0 spiro atoms. The molecule has 1 saturated heterocycles. The average Bonchev–Trinajstić information content (AvgIpc) is 3.14. The lowest BCUT2D eigenvalue weighted by atomic mass is 9.96. The summed E-state index contributed by atoms with van der Waals surface area (Å²) in [7, 11) is 0. The number of benzene rings is 1. The lowest BCUT2D eigenvalue weighted by molar-refractivity contribution is 0.0660. The number of fused-ring (bicyclic) bond motifs is 1. The smallest absolute Gasteiger partial charge is 0.254 e. The summed E-state index contributed by atoms with van der Waals surface area (Å²) in [4.78, 5) is 19.1. The van der Waals surface area contributed by atoms with Gasteiger partial charge in [-0.15, -0.1) is 0 Å². The van der Waals surface area contributed by atoms with Gasteiger partial charge in [0, 0.05) is 37.6 Å². The summed E-state index contributed by atoms with van der Waals surface area (Å²) in [5.41, 5.74) is 1.65. The first kappa shape index (κ1) is 16.0. The predicted molar refractivity (Wildman–Crippen MR) is 93.0 cm³/mol. The van der Waals surface area contributed by atoms with Gasteiger partial charge in [0.05, 0.1) is 6.33 Å². The van der Waals surface area contributed by atoms with Crippen LogP contribution in [0.4, 0.5) is 0 Å². The average molecular weight is 341 g/mol. The molecular formula is C19H23N3O3. The van der Waals surface area contributed by atoms with Crippen molar-refractivity contribution in [2.45, 2.75) is 26.3 Å². The van der Waals surface area contributed by atoms with Gasteiger partial charge in [0.1, 0.15) is 13.2 Å². The monoisotopic (exact) mass is 341 g/mol. The summed E-state index contributed by atoms with van der Waals surface area (Å²) >= 11 is 0. The van der Waals surface area contributed by atoms with E-state index in [1.165, 1.54) is 0 Å². The Morgan fingerprint density at radius 2 is 2.08 bits per heavy atom. The van der Waals surface area contributed by atoms with Gasteiger partial charge in [-0.1, -0.05) is 0 Å². The van der Waals surface area contributed by atoms with E-state index >= 15 is 0 Å². The molecule has 1 aromatic carbocycles. The molecule has 0 N–H and O–H groups in total. The van der Waals surface area contributed by atoms with E-state index in [4.69, 9.17) is 9.47 Å². The molecule has 132 valence electrons.